The Labute approximate surface area is 123 Å². The predicted octanol–water partition coefficient (Wildman–Crippen LogP) is -0.141. The minimum Gasteiger partial charge on any atom is -0.335 e. The van der Waals surface area contributed by atoms with Gasteiger partial charge in [-0.3, -0.25) is 0 Å². The highest BCUT2D eigenvalue weighted by molar-refractivity contribution is 5.20. The van der Waals surface area contributed by atoms with Gasteiger partial charge in [-0.05, 0) is 35.5 Å². The van der Waals surface area contributed by atoms with Gasteiger partial charge in [-0.1, -0.05) is 0 Å². The van der Waals surface area contributed by atoms with Crippen molar-refractivity contribution in [3.05, 3.63) is 0 Å². The molecular formula is C18H32N2+2. The molecule has 0 aromatic heterocycles. The normalized spacial score (nSPS) is 62.1. The van der Waals surface area contributed by atoms with Gasteiger partial charge in [0, 0.05) is 38.5 Å². The van der Waals surface area contributed by atoms with Gasteiger partial charge >= 0.3 is 0 Å². The second-order valence-electron chi connectivity index (χ2n) is 9.77. The summed E-state index contributed by atoms with van der Waals surface area (Å²) in [5.41, 5.74) is 1.37. The van der Waals surface area contributed by atoms with E-state index in [4.69, 9.17) is 0 Å². The van der Waals surface area contributed by atoms with Gasteiger partial charge in [-0.25, -0.2) is 0 Å². The first kappa shape index (κ1) is 12.5. The molecule has 7 saturated carbocycles. The van der Waals surface area contributed by atoms with Crippen molar-refractivity contribution in [2.45, 2.75) is 49.6 Å². The fourth-order valence-electron chi connectivity index (χ4n) is 8.15. The molecule has 0 radical (unpaired) electrons. The summed E-state index contributed by atoms with van der Waals surface area (Å²) >= 11 is 0. The molecule has 0 heterocycles. The van der Waals surface area contributed by atoms with Crippen molar-refractivity contribution < 1.29 is 9.80 Å². The summed E-state index contributed by atoms with van der Waals surface area (Å²) in [5.74, 6) is 6.70. The van der Waals surface area contributed by atoms with Crippen LogP contribution in [-0.2, 0) is 0 Å². The van der Waals surface area contributed by atoms with Crippen LogP contribution in [0, 0.1) is 35.5 Å². The van der Waals surface area contributed by atoms with Crippen molar-refractivity contribution in [3.8, 4) is 0 Å². The molecule has 7 aliphatic rings. The molecule has 2 N–H and O–H groups in total. The number of rotatable bonds is 2. The largest absolute Gasteiger partial charge is 0.335 e. The van der Waals surface area contributed by atoms with Crippen LogP contribution in [0.1, 0.15) is 38.5 Å². The Bertz CT molecular complexity index is 347. The summed E-state index contributed by atoms with van der Waals surface area (Å²) in [6.45, 7) is 0. The van der Waals surface area contributed by atoms with E-state index in [2.05, 4.69) is 28.2 Å². The van der Waals surface area contributed by atoms with Crippen molar-refractivity contribution in [1.29, 1.82) is 0 Å². The smallest absolute Gasteiger partial charge is 0.0981 e. The predicted molar refractivity (Wildman–Crippen MR) is 79.7 cm³/mol. The Kier molecular flexibility index (Phi) is 2.15. The van der Waals surface area contributed by atoms with Gasteiger partial charge in [-0.2, -0.15) is 0 Å². The highest BCUT2D eigenvalue weighted by Crippen LogP contribution is 2.71. The van der Waals surface area contributed by atoms with Crippen LogP contribution >= 0.6 is 0 Å². The van der Waals surface area contributed by atoms with Crippen LogP contribution in [0.4, 0.5) is 0 Å². The van der Waals surface area contributed by atoms with Crippen LogP contribution in [0.15, 0.2) is 0 Å². The first-order valence-corrected chi connectivity index (χ1v) is 9.07. The number of quaternary nitrogens is 2. The molecule has 8 bridgehead atoms. The molecular weight excluding hydrogens is 244 g/mol. The highest BCUT2D eigenvalue weighted by atomic mass is 15.2. The Morgan fingerprint density at radius 1 is 0.500 bits per heavy atom. The van der Waals surface area contributed by atoms with E-state index in [1.807, 2.05) is 0 Å². The van der Waals surface area contributed by atoms with E-state index in [1.54, 1.807) is 48.3 Å². The van der Waals surface area contributed by atoms with E-state index in [1.165, 1.54) is 0 Å². The van der Waals surface area contributed by atoms with Crippen LogP contribution in [0.25, 0.3) is 0 Å². The van der Waals surface area contributed by atoms with Gasteiger partial charge in [0.1, 0.15) is 0 Å². The van der Waals surface area contributed by atoms with E-state index < -0.39 is 0 Å². The average Bonchev–Trinajstić information content (AvgIpc) is 2.43. The lowest BCUT2D eigenvalue weighted by molar-refractivity contribution is -0.933. The molecule has 0 unspecified atom stereocenters. The fraction of sp³-hybridized carbons (Fsp3) is 1.00. The highest BCUT2D eigenvalue weighted by Gasteiger charge is 2.73. The SMILES string of the molecule is C[NH+](C)C12CC3C4CC5([NH+](C)C)CC3C(C1)C(C5)C4C2. The van der Waals surface area contributed by atoms with Crippen molar-refractivity contribution >= 4 is 0 Å². The van der Waals surface area contributed by atoms with Gasteiger partial charge < -0.3 is 9.80 Å². The van der Waals surface area contributed by atoms with Crippen LogP contribution in [-0.4, -0.2) is 39.3 Å². The molecule has 0 aromatic rings. The standard InChI is InChI=1S/C18H30N2/c1-19(2)17-5-11-14-8-18(20(3)4)9-15(11)13(7-17)16(10-18)12(14)6-17/h11-16H,5-10H2,1-4H3/p+2. The lowest BCUT2D eigenvalue weighted by atomic mass is 9.33. The van der Waals surface area contributed by atoms with Crippen LogP contribution < -0.4 is 9.80 Å². The van der Waals surface area contributed by atoms with Crippen LogP contribution in [0.2, 0.25) is 0 Å². The van der Waals surface area contributed by atoms with Gasteiger partial charge in [0.2, 0.25) is 0 Å². The maximum Gasteiger partial charge on any atom is 0.0981 e. The van der Waals surface area contributed by atoms with Crippen molar-refractivity contribution in [2.24, 2.45) is 35.5 Å². The Hall–Kier alpha value is -0.0800. The third-order valence-corrected chi connectivity index (χ3v) is 9.18. The minimum absolute atomic E-state index is 0.686. The first-order valence-electron chi connectivity index (χ1n) is 9.07. The summed E-state index contributed by atoms with van der Waals surface area (Å²) in [7, 11) is 9.77. The summed E-state index contributed by atoms with van der Waals surface area (Å²) in [5, 5.41) is 0. The molecule has 20 heavy (non-hydrogen) atoms. The van der Waals surface area contributed by atoms with Crippen molar-refractivity contribution in [2.75, 3.05) is 28.2 Å². The van der Waals surface area contributed by atoms with Crippen molar-refractivity contribution in [1.82, 2.24) is 0 Å². The maximum absolute atomic E-state index is 2.44. The van der Waals surface area contributed by atoms with Crippen LogP contribution in [0.5, 0.6) is 0 Å². The van der Waals surface area contributed by atoms with E-state index in [-0.39, 0.29) is 0 Å². The molecule has 7 fully saturated rings. The zero-order chi connectivity index (χ0) is 13.9. The second-order valence-corrected chi connectivity index (χ2v) is 9.77. The first-order chi connectivity index (χ1) is 9.46. The topological polar surface area (TPSA) is 8.88 Å². The molecule has 0 saturated heterocycles. The molecule has 112 valence electrons. The average molecular weight is 276 g/mol. The molecule has 0 aliphatic heterocycles. The molecule has 2 nitrogen and oxygen atoms in total. The monoisotopic (exact) mass is 276 g/mol. The van der Waals surface area contributed by atoms with Crippen molar-refractivity contribution in [3.63, 3.8) is 0 Å². The third-order valence-electron chi connectivity index (χ3n) is 9.18. The van der Waals surface area contributed by atoms with Gasteiger partial charge in [0.15, 0.2) is 0 Å². The molecule has 7 rings (SSSR count). The van der Waals surface area contributed by atoms with Crippen LogP contribution in [0.3, 0.4) is 0 Å². The summed E-state index contributed by atoms with van der Waals surface area (Å²) in [6.07, 6.45) is 9.44. The lowest BCUT2D eigenvalue weighted by Crippen LogP contribution is -3.18. The summed E-state index contributed by atoms with van der Waals surface area (Å²) in [6, 6.07) is 0. The Morgan fingerprint density at radius 2 is 0.700 bits per heavy atom. The summed E-state index contributed by atoms with van der Waals surface area (Å²) < 4.78 is 0. The van der Waals surface area contributed by atoms with Gasteiger partial charge in [0.25, 0.3) is 0 Å². The molecule has 2 heteroatoms. The second kappa shape index (κ2) is 3.46. The molecule has 0 atom stereocenters. The van der Waals surface area contributed by atoms with Gasteiger partial charge in [-0.15, -0.1) is 0 Å². The van der Waals surface area contributed by atoms with E-state index in [9.17, 15) is 0 Å². The molecule has 7 aliphatic carbocycles. The Morgan fingerprint density at radius 3 is 0.850 bits per heavy atom. The molecule has 0 aromatic carbocycles. The maximum atomic E-state index is 2.44. The fourth-order valence-corrected chi connectivity index (χ4v) is 8.15. The molecule has 0 amide bonds. The summed E-state index contributed by atoms with van der Waals surface area (Å²) in [4.78, 5) is 3.55. The van der Waals surface area contributed by atoms with E-state index in [0.29, 0.717) is 11.1 Å². The van der Waals surface area contributed by atoms with E-state index in [0.717, 1.165) is 35.5 Å². The van der Waals surface area contributed by atoms with E-state index >= 15 is 0 Å². The third kappa shape index (κ3) is 1.18. The minimum atomic E-state index is 0.686. The number of nitrogens with one attached hydrogen (secondary N) is 2. The quantitative estimate of drug-likeness (QED) is 0.695. The van der Waals surface area contributed by atoms with Gasteiger partial charge in [0.05, 0.1) is 39.3 Å². The Balaban J connectivity index is 1.58. The molecule has 0 spiro atoms. The zero-order valence-corrected chi connectivity index (χ0v) is 13.7. The zero-order valence-electron chi connectivity index (χ0n) is 13.7. The number of hydrogen-bond donors (Lipinski definition) is 2. The number of hydrogen-bond acceptors (Lipinski definition) is 0. The lowest BCUT2D eigenvalue weighted by Gasteiger charge is -2.74.